The number of benzene rings is 1. The molecule has 0 saturated heterocycles. The molecule has 3 heteroatoms. The third-order valence-corrected chi connectivity index (χ3v) is 1.47. The summed E-state index contributed by atoms with van der Waals surface area (Å²) < 4.78 is 25.5. The van der Waals surface area contributed by atoms with Crippen molar-refractivity contribution in [3.8, 4) is 0 Å². The predicted octanol–water partition coefficient (Wildman–Crippen LogP) is 2.20. The maximum Gasteiger partial charge on any atom is 0.163 e. The molecular formula is C9H9F2N. The van der Waals surface area contributed by atoms with Crippen molar-refractivity contribution >= 4 is 0 Å². The highest BCUT2D eigenvalue weighted by Gasteiger charge is 2.05. The first-order chi connectivity index (χ1) is 5.75. The number of halogens is 2. The van der Waals surface area contributed by atoms with Gasteiger partial charge < -0.3 is 5.32 Å². The van der Waals surface area contributed by atoms with Crippen LogP contribution in [0, 0.1) is 11.6 Å². The molecule has 0 radical (unpaired) electrons. The first-order valence-electron chi connectivity index (χ1n) is 3.53. The van der Waals surface area contributed by atoms with Crippen molar-refractivity contribution in [2.45, 2.75) is 6.54 Å². The van der Waals surface area contributed by atoms with Gasteiger partial charge in [-0.1, -0.05) is 18.7 Å². The molecule has 0 spiro atoms. The van der Waals surface area contributed by atoms with Gasteiger partial charge >= 0.3 is 0 Å². The van der Waals surface area contributed by atoms with Crippen molar-refractivity contribution in [1.29, 1.82) is 0 Å². The van der Waals surface area contributed by atoms with E-state index in [1.807, 2.05) is 0 Å². The van der Waals surface area contributed by atoms with E-state index in [1.54, 1.807) is 0 Å². The Morgan fingerprint density at radius 2 is 2.17 bits per heavy atom. The van der Waals surface area contributed by atoms with E-state index in [-0.39, 0.29) is 6.54 Å². The lowest BCUT2D eigenvalue weighted by Gasteiger charge is -2.02. The molecule has 0 aromatic heterocycles. The lowest BCUT2D eigenvalue weighted by molar-refractivity contribution is 0.496. The normalized spacial score (nSPS) is 9.50. The second-order valence-corrected chi connectivity index (χ2v) is 2.30. The first kappa shape index (κ1) is 8.71. The molecule has 1 N–H and O–H groups in total. The summed E-state index contributed by atoms with van der Waals surface area (Å²) in [6.45, 7) is 3.66. The van der Waals surface area contributed by atoms with Crippen LogP contribution < -0.4 is 5.32 Å². The first-order valence-corrected chi connectivity index (χ1v) is 3.53. The molecule has 0 fully saturated rings. The Hall–Kier alpha value is -1.38. The molecule has 0 unspecified atom stereocenters. The van der Waals surface area contributed by atoms with Gasteiger partial charge in [0.25, 0.3) is 0 Å². The van der Waals surface area contributed by atoms with Crippen LogP contribution in [0.15, 0.2) is 31.0 Å². The van der Waals surface area contributed by atoms with Crippen LogP contribution in [-0.4, -0.2) is 0 Å². The van der Waals surface area contributed by atoms with Crippen LogP contribution in [0.25, 0.3) is 0 Å². The number of nitrogens with one attached hydrogen (secondary N) is 1. The zero-order valence-corrected chi connectivity index (χ0v) is 6.48. The number of hydrogen-bond acceptors (Lipinski definition) is 1. The van der Waals surface area contributed by atoms with E-state index in [2.05, 4.69) is 11.9 Å². The zero-order chi connectivity index (χ0) is 8.97. The average molecular weight is 169 g/mol. The summed E-state index contributed by atoms with van der Waals surface area (Å²) in [4.78, 5) is 0. The van der Waals surface area contributed by atoms with Crippen LogP contribution in [0.4, 0.5) is 8.78 Å². The minimum atomic E-state index is -0.821. The smallest absolute Gasteiger partial charge is 0.163 e. The molecule has 1 aromatic rings. The van der Waals surface area contributed by atoms with Gasteiger partial charge in [0.2, 0.25) is 0 Å². The third-order valence-electron chi connectivity index (χ3n) is 1.47. The van der Waals surface area contributed by atoms with E-state index in [0.717, 1.165) is 6.07 Å². The lowest BCUT2D eigenvalue weighted by Crippen LogP contribution is -2.06. The molecule has 0 aliphatic heterocycles. The van der Waals surface area contributed by atoms with Crippen molar-refractivity contribution in [1.82, 2.24) is 5.32 Å². The highest BCUT2D eigenvalue weighted by Crippen LogP contribution is 2.10. The summed E-state index contributed by atoms with van der Waals surface area (Å²) >= 11 is 0. The summed E-state index contributed by atoms with van der Waals surface area (Å²) in [5, 5.41) is 2.69. The van der Waals surface area contributed by atoms with Crippen molar-refractivity contribution in [2.75, 3.05) is 0 Å². The SMILES string of the molecule is C=CNCc1cccc(F)c1F. The fourth-order valence-electron chi connectivity index (χ4n) is 0.867. The van der Waals surface area contributed by atoms with Gasteiger partial charge in [-0.05, 0) is 12.3 Å². The van der Waals surface area contributed by atoms with E-state index in [1.165, 1.54) is 18.3 Å². The largest absolute Gasteiger partial charge is 0.387 e. The fraction of sp³-hybridized carbons (Fsp3) is 0.111. The second-order valence-electron chi connectivity index (χ2n) is 2.30. The molecule has 0 saturated carbocycles. The van der Waals surface area contributed by atoms with Crippen LogP contribution in [0.1, 0.15) is 5.56 Å². The Morgan fingerprint density at radius 3 is 2.83 bits per heavy atom. The van der Waals surface area contributed by atoms with Gasteiger partial charge in [-0.3, -0.25) is 0 Å². The van der Waals surface area contributed by atoms with Gasteiger partial charge in [0.05, 0.1) is 0 Å². The Labute approximate surface area is 69.7 Å². The molecule has 0 aliphatic rings. The van der Waals surface area contributed by atoms with Crippen molar-refractivity contribution in [3.05, 3.63) is 48.2 Å². The van der Waals surface area contributed by atoms with E-state index >= 15 is 0 Å². The molecule has 1 aromatic carbocycles. The quantitative estimate of drug-likeness (QED) is 0.731. The molecule has 64 valence electrons. The van der Waals surface area contributed by atoms with Crippen molar-refractivity contribution in [3.63, 3.8) is 0 Å². The Morgan fingerprint density at radius 1 is 1.42 bits per heavy atom. The second kappa shape index (κ2) is 3.85. The van der Waals surface area contributed by atoms with Crippen LogP contribution in [0.5, 0.6) is 0 Å². The van der Waals surface area contributed by atoms with Crippen LogP contribution in [-0.2, 0) is 6.54 Å². The molecule has 0 bridgehead atoms. The zero-order valence-electron chi connectivity index (χ0n) is 6.48. The van der Waals surface area contributed by atoms with Crippen molar-refractivity contribution < 1.29 is 8.78 Å². The average Bonchev–Trinajstić information content (AvgIpc) is 2.08. The molecule has 0 aliphatic carbocycles. The lowest BCUT2D eigenvalue weighted by atomic mass is 10.2. The fourth-order valence-corrected chi connectivity index (χ4v) is 0.867. The highest BCUT2D eigenvalue weighted by atomic mass is 19.2. The van der Waals surface area contributed by atoms with Gasteiger partial charge in [-0.2, -0.15) is 0 Å². The molecular weight excluding hydrogens is 160 g/mol. The van der Waals surface area contributed by atoms with E-state index in [0.29, 0.717) is 5.56 Å². The van der Waals surface area contributed by atoms with E-state index in [4.69, 9.17) is 0 Å². The van der Waals surface area contributed by atoms with E-state index < -0.39 is 11.6 Å². The Bertz CT molecular complexity index is 284. The summed E-state index contributed by atoms with van der Waals surface area (Å²) in [6, 6.07) is 4.08. The number of hydrogen-bond donors (Lipinski definition) is 1. The van der Waals surface area contributed by atoms with Gasteiger partial charge in [-0.15, -0.1) is 0 Å². The van der Waals surface area contributed by atoms with Crippen molar-refractivity contribution in [2.24, 2.45) is 0 Å². The molecule has 0 atom stereocenters. The molecule has 0 heterocycles. The molecule has 1 rings (SSSR count). The standard InChI is InChI=1S/C9H9F2N/c1-2-12-6-7-4-3-5-8(10)9(7)11/h2-5,12H,1,6H2. The van der Waals surface area contributed by atoms with Crippen LogP contribution in [0.2, 0.25) is 0 Å². The Kier molecular flexibility index (Phi) is 2.80. The maximum absolute atomic E-state index is 12.9. The Balaban J connectivity index is 2.84. The monoisotopic (exact) mass is 169 g/mol. The number of rotatable bonds is 3. The van der Waals surface area contributed by atoms with Gasteiger partial charge in [-0.25, -0.2) is 8.78 Å². The minimum absolute atomic E-state index is 0.257. The predicted molar refractivity (Wildman–Crippen MR) is 43.4 cm³/mol. The van der Waals surface area contributed by atoms with Crippen LogP contribution in [0.3, 0.4) is 0 Å². The molecule has 1 nitrogen and oxygen atoms in total. The van der Waals surface area contributed by atoms with Gasteiger partial charge in [0.15, 0.2) is 11.6 Å². The van der Waals surface area contributed by atoms with Crippen LogP contribution >= 0.6 is 0 Å². The van der Waals surface area contributed by atoms with Gasteiger partial charge in [0, 0.05) is 12.1 Å². The van der Waals surface area contributed by atoms with Gasteiger partial charge in [0.1, 0.15) is 0 Å². The van der Waals surface area contributed by atoms with E-state index in [9.17, 15) is 8.78 Å². The third kappa shape index (κ3) is 1.81. The minimum Gasteiger partial charge on any atom is -0.387 e. The molecule has 0 amide bonds. The summed E-state index contributed by atoms with van der Waals surface area (Å²) in [7, 11) is 0. The molecule has 12 heavy (non-hydrogen) atoms. The topological polar surface area (TPSA) is 12.0 Å². The summed E-state index contributed by atoms with van der Waals surface area (Å²) in [5.74, 6) is -1.62. The summed E-state index contributed by atoms with van der Waals surface area (Å²) in [5.41, 5.74) is 0.301. The highest BCUT2D eigenvalue weighted by molar-refractivity contribution is 5.18. The summed E-state index contributed by atoms with van der Waals surface area (Å²) in [6.07, 6.45) is 1.43. The maximum atomic E-state index is 12.9.